The molecule has 2 rings (SSSR count). The minimum absolute atomic E-state index is 0.0198. The Morgan fingerprint density at radius 3 is 2.06 bits per heavy atom. The fourth-order valence-electron chi connectivity index (χ4n) is 2.67. The topological polar surface area (TPSA) is 96.0 Å². The van der Waals surface area contributed by atoms with E-state index in [0.717, 1.165) is 38.5 Å². The Hall–Kier alpha value is -0.620. The van der Waals surface area contributed by atoms with E-state index in [2.05, 4.69) is 4.72 Å². The molecule has 0 aromatic carbocycles. The molecule has 0 unspecified atom stereocenters. The predicted octanol–water partition coefficient (Wildman–Crippen LogP) is 1.49. The van der Waals surface area contributed by atoms with Gasteiger partial charge in [-0.25, -0.2) is 13.1 Å². The molecular formula is C12H23N3O2S. The Balaban J connectivity index is 2.16. The third-order valence-corrected chi connectivity index (χ3v) is 6.05. The van der Waals surface area contributed by atoms with Crippen molar-refractivity contribution in [1.82, 2.24) is 4.72 Å². The molecule has 0 bridgehead atoms. The molecule has 0 spiro atoms. The summed E-state index contributed by atoms with van der Waals surface area (Å²) in [5.74, 6) is -0.0198. The van der Waals surface area contributed by atoms with Crippen LogP contribution in [0.2, 0.25) is 0 Å². The van der Waals surface area contributed by atoms with Crippen LogP contribution in [0.5, 0.6) is 0 Å². The molecule has 0 atom stereocenters. The first-order chi connectivity index (χ1) is 8.46. The van der Waals surface area contributed by atoms with Crippen molar-refractivity contribution in [3.63, 3.8) is 0 Å². The number of hydrogen-bond donors (Lipinski definition) is 3. The molecule has 0 saturated heterocycles. The molecule has 0 amide bonds. The van der Waals surface area contributed by atoms with Gasteiger partial charge in [0.1, 0.15) is 5.84 Å². The van der Waals surface area contributed by atoms with Crippen LogP contribution in [0, 0.1) is 5.41 Å². The van der Waals surface area contributed by atoms with Crippen LogP contribution >= 0.6 is 0 Å². The SMILES string of the molecule is N=C(N)C1(NS(=O)(=O)C2CC2)CCCCCCC1. The molecule has 2 fully saturated rings. The summed E-state index contributed by atoms with van der Waals surface area (Å²) in [5, 5.41) is 7.55. The van der Waals surface area contributed by atoms with E-state index in [1.165, 1.54) is 6.42 Å². The van der Waals surface area contributed by atoms with Gasteiger partial charge in [-0.05, 0) is 25.7 Å². The van der Waals surface area contributed by atoms with Crippen LogP contribution in [-0.4, -0.2) is 25.0 Å². The summed E-state index contributed by atoms with van der Waals surface area (Å²) >= 11 is 0. The van der Waals surface area contributed by atoms with Crippen molar-refractivity contribution in [1.29, 1.82) is 5.41 Å². The zero-order valence-electron chi connectivity index (χ0n) is 10.7. The number of amidine groups is 1. The van der Waals surface area contributed by atoms with Crippen molar-refractivity contribution in [3.05, 3.63) is 0 Å². The van der Waals surface area contributed by atoms with Crippen molar-refractivity contribution in [2.45, 2.75) is 68.6 Å². The fraction of sp³-hybridized carbons (Fsp3) is 0.917. The summed E-state index contributed by atoms with van der Waals surface area (Å²) in [6.07, 6.45) is 8.07. The lowest BCUT2D eigenvalue weighted by atomic mass is 9.84. The Kier molecular flexibility index (Phi) is 3.96. The second kappa shape index (κ2) is 5.17. The molecular weight excluding hydrogens is 250 g/mol. The maximum atomic E-state index is 12.1. The van der Waals surface area contributed by atoms with Crippen molar-refractivity contribution in [3.8, 4) is 0 Å². The predicted molar refractivity (Wildman–Crippen MR) is 72.0 cm³/mol. The largest absolute Gasteiger partial charge is 0.386 e. The van der Waals surface area contributed by atoms with E-state index in [4.69, 9.17) is 11.1 Å². The summed E-state index contributed by atoms with van der Waals surface area (Å²) in [6.45, 7) is 0. The number of nitrogens with one attached hydrogen (secondary N) is 2. The van der Waals surface area contributed by atoms with Crippen LogP contribution in [0.25, 0.3) is 0 Å². The smallest absolute Gasteiger partial charge is 0.215 e. The minimum Gasteiger partial charge on any atom is -0.386 e. The minimum atomic E-state index is -3.29. The highest BCUT2D eigenvalue weighted by atomic mass is 32.2. The molecule has 2 aliphatic carbocycles. The molecule has 18 heavy (non-hydrogen) atoms. The first kappa shape index (κ1) is 13.8. The highest BCUT2D eigenvalue weighted by Gasteiger charge is 2.43. The van der Waals surface area contributed by atoms with E-state index in [1.54, 1.807) is 0 Å². The van der Waals surface area contributed by atoms with Crippen molar-refractivity contribution < 1.29 is 8.42 Å². The average Bonchev–Trinajstić information content (AvgIpc) is 3.05. The van der Waals surface area contributed by atoms with E-state index in [-0.39, 0.29) is 11.1 Å². The van der Waals surface area contributed by atoms with E-state index < -0.39 is 15.6 Å². The van der Waals surface area contributed by atoms with Crippen molar-refractivity contribution in [2.24, 2.45) is 5.73 Å². The molecule has 104 valence electrons. The van der Waals surface area contributed by atoms with Crippen LogP contribution in [0.15, 0.2) is 0 Å². The maximum Gasteiger partial charge on any atom is 0.215 e. The van der Waals surface area contributed by atoms with Crippen molar-refractivity contribution >= 4 is 15.9 Å². The average molecular weight is 273 g/mol. The Morgan fingerprint density at radius 1 is 1.11 bits per heavy atom. The van der Waals surface area contributed by atoms with Gasteiger partial charge in [0.05, 0.1) is 10.8 Å². The lowest BCUT2D eigenvalue weighted by Gasteiger charge is -2.35. The van der Waals surface area contributed by atoms with E-state index >= 15 is 0 Å². The highest BCUT2D eigenvalue weighted by Crippen LogP contribution is 2.32. The van der Waals surface area contributed by atoms with Gasteiger partial charge in [-0.2, -0.15) is 0 Å². The Morgan fingerprint density at radius 2 is 1.61 bits per heavy atom. The van der Waals surface area contributed by atoms with Gasteiger partial charge in [-0.3, -0.25) is 5.41 Å². The quantitative estimate of drug-likeness (QED) is 0.535. The third-order valence-electron chi connectivity index (χ3n) is 4.02. The first-order valence-corrected chi connectivity index (χ1v) is 8.38. The summed E-state index contributed by atoms with van der Waals surface area (Å²) in [4.78, 5) is 0. The second-order valence-electron chi connectivity index (χ2n) is 5.61. The van der Waals surface area contributed by atoms with Gasteiger partial charge in [0.15, 0.2) is 0 Å². The van der Waals surface area contributed by atoms with Crippen LogP contribution in [-0.2, 0) is 10.0 Å². The van der Waals surface area contributed by atoms with Gasteiger partial charge in [-0.1, -0.05) is 32.1 Å². The standard InChI is InChI=1S/C12H23N3O2S/c13-11(14)12(8-4-2-1-3-5-9-12)15-18(16,17)10-6-7-10/h10,15H,1-9H2,(H3,13,14). The van der Waals surface area contributed by atoms with Gasteiger partial charge in [0, 0.05) is 0 Å². The normalized spacial score (nSPS) is 25.1. The maximum absolute atomic E-state index is 12.1. The number of hydrogen-bond acceptors (Lipinski definition) is 3. The summed E-state index contributed by atoms with van der Waals surface area (Å²) < 4.78 is 27.0. The molecule has 2 saturated carbocycles. The molecule has 0 aliphatic heterocycles. The van der Waals surface area contributed by atoms with Gasteiger partial charge in [0.2, 0.25) is 10.0 Å². The summed E-state index contributed by atoms with van der Waals surface area (Å²) in [5.41, 5.74) is 4.89. The van der Waals surface area contributed by atoms with Crippen LogP contribution in [0.3, 0.4) is 0 Å². The van der Waals surface area contributed by atoms with Crippen molar-refractivity contribution in [2.75, 3.05) is 0 Å². The van der Waals surface area contributed by atoms with Crippen LogP contribution in [0.1, 0.15) is 57.8 Å². The zero-order valence-corrected chi connectivity index (χ0v) is 11.6. The molecule has 0 heterocycles. The number of rotatable bonds is 4. The molecule has 0 aromatic rings. The third kappa shape index (κ3) is 3.03. The second-order valence-corrected chi connectivity index (χ2v) is 7.57. The molecule has 4 N–H and O–H groups in total. The molecule has 6 heteroatoms. The summed E-state index contributed by atoms with van der Waals surface area (Å²) in [6, 6.07) is 0. The van der Waals surface area contributed by atoms with Gasteiger partial charge in [0.25, 0.3) is 0 Å². The van der Waals surface area contributed by atoms with E-state index in [1.807, 2.05) is 0 Å². The van der Waals surface area contributed by atoms with Crippen LogP contribution < -0.4 is 10.5 Å². The lowest BCUT2D eigenvalue weighted by Crippen LogP contribution is -2.58. The molecule has 0 aromatic heterocycles. The number of nitrogens with two attached hydrogens (primary N) is 1. The monoisotopic (exact) mass is 273 g/mol. The van der Waals surface area contributed by atoms with Gasteiger partial charge >= 0.3 is 0 Å². The fourth-order valence-corrected chi connectivity index (χ4v) is 4.45. The summed E-state index contributed by atoms with van der Waals surface area (Å²) in [7, 11) is -3.29. The molecule has 5 nitrogen and oxygen atoms in total. The van der Waals surface area contributed by atoms with Gasteiger partial charge < -0.3 is 5.73 Å². The number of sulfonamides is 1. The highest BCUT2D eigenvalue weighted by molar-refractivity contribution is 7.90. The van der Waals surface area contributed by atoms with Crippen LogP contribution in [0.4, 0.5) is 0 Å². The lowest BCUT2D eigenvalue weighted by molar-refractivity contribution is 0.367. The Labute approximate surface area is 109 Å². The van der Waals surface area contributed by atoms with Gasteiger partial charge in [-0.15, -0.1) is 0 Å². The zero-order chi connectivity index (χ0) is 13.2. The first-order valence-electron chi connectivity index (χ1n) is 6.84. The Bertz CT molecular complexity index is 407. The van der Waals surface area contributed by atoms with E-state index in [9.17, 15) is 8.42 Å². The van der Waals surface area contributed by atoms with E-state index in [0.29, 0.717) is 12.8 Å². The molecule has 0 radical (unpaired) electrons. The molecule has 2 aliphatic rings.